The molecule has 1 saturated carbocycles. The molecule has 0 aromatic heterocycles. The first kappa shape index (κ1) is 22.2. The van der Waals surface area contributed by atoms with Crippen LogP contribution in [0.15, 0.2) is 52.3 Å². The third-order valence-electron chi connectivity index (χ3n) is 6.56. The fourth-order valence-electron chi connectivity index (χ4n) is 4.46. The third kappa shape index (κ3) is 3.95. The van der Waals surface area contributed by atoms with Crippen LogP contribution in [-0.4, -0.2) is 38.7 Å². The van der Waals surface area contributed by atoms with Gasteiger partial charge in [-0.15, -0.1) is 0 Å². The summed E-state index contributed by atoms with van der Waals surface area (Å²) in [6.45, 7) is 3.81. The number of nitrogens with one attached hydrogen (secondary N) is 1. The van der Waals surface area contributed by atoms with E-state index in [0.717, 1.165) is 25.3 Å². The Morgan fingerprint density at radius 1 is 1.03 bits per heavy atom. The zero-order chi connectivity index (χ0) is 23.0. The molecule has 1 N–H and O–H groups in total. The van der Waals surface area contributed by atoms with Gasteiger partial charge in [0.25, 0.3) is 5.91 Å². The van der Waals surface area contributed by atoms with E-state index in [-0.39, 0.29) is 38.4 Å². The lowest BCUT2D eigenvalue weighted by Crippen LogP contribution is -2.45. The lowest BCUT2D eigenvalue weighted by Gasteiger charge is -2.34. The number of benzene rings is 2. The number of sulfone groups is 1. The average molecular weight is 456 g/mol. The second kappa shape index (κ2) is 8.50. The Morgan fingerprint density at radius 2 is 1.75 bits per heavy atom. The van der Waals surface area contributed by atoms with Gasteiger partial charge in [-0.3, -0.25) is 9.59 Å². The van der Waals surface area contributed by atoms with Gasteiger partial charge < -0.3 is 10.1 Å². The van der Waals surface area contributed by atoms with Crippen LogP contribution < -0.4 is 5.32 Å². The molecule has 1 aliphatic heterocycles. The molecule has 7 nitrogen and oxygen atoms in total. The van der Waals surface area contributed by atoms with Crippen LogP contribution in [0.25, 0.3) is 0 Å². The van der Waals surface area contributed by atoms with E-state index in [2.05, 4.69) is 19.2 Å². The van der Waals surface area contributed by atoms with Crippen molar-refractivity contribution in [3.8, 4) is 0 Å². The number of carbonyl (C=O) groups excluding carboxylic acids is 3. The fraction of sp³-hybridized carbons (Fsp3) is 0.375. The Labute approximate surface area is 187 Å². The van der Waals surface area contributed by atoms with E-state index in [1.807, 2.05) is 0 Å². The van der Waals surface area contributed by atoms with Gasteiger partial charge in [-0.05, 0) is 48.6 Å². The molecular weight excluding hydrogens is 430 g/mol. The first-order valence-electron chi connectivity index (χ1n) is 10.7. The van der Waals surface area contributed by atoms with Crippen LogP contribution in [0.1, 0.15) is 59.4 Å². The van der Waals surface area contributed by atoms with Crippen LogP contribution in [0, 0.1) is 11.8 Å². The highest BCUT2D eigenvalue weighted by atomic mass is 32.2. The van der Waals surface area contributed by atoms with Crippen LogP contribution in [0.4, 0.5) is 0 Å². The number of ether oxygens (including phenoxy) is 1. The molecule has 1 fully saturated rings. The summed E-state index contributed by atoms with van der Waals surface area (Å²) in [5.74, 6) is -0.773. The average Bonchev–Trinajstić information content (AvgIpc) is 2.79. The molecule has 0 unspecified atom stereocenters. The number of hydrogen-bond donors (Lipinski definition) is 1. The van der Waals surface area contributed by atoms with E-state index in [0.29, 0.717) is 11.8 Å². The highest BCUT2D eigenvalue weighted by Gasteiger charge is 2.35. The molecule has 0 spiro atoms. The summed E-state index contributed by atoms with van der Waals surface area (Å²) in [5.41, 5.74) is 0.0867. The molecule has 2 aromatic rings. The van der Waals surface area contributed by atoms with Crippen LogP contribution in [0.5, 0.6) is 0 Å². The quantitative estimate of drug-likeness (QED) is 0.606. The van der Waals surface area contributed by atoms with Crippen LogP contribution in [0.2, 0.25) is 0 Å². The molecule has 1 aliphatic carbocycles. The van der Waals surface area contributed by atoms with Gasteiger partial charge >= 0.3 is 5.97 Å². The van der Waals surface area contributed by atoms with E-state index in [9.17, 15) is 22.8 Å². The predicted molar refractivity (Wildman–Crippen MR) is 116 cm³/mol. The molecule has 0 bridgehead atoms. The van der Waals surface area contributed by atoms with E-state index in [1.54, 1.807) is 12.1 Å². The Bertz CT molecular complexity index is 1200. The fourth-order valence-corrected chi connectivity index (χ4v) is 6.14. The summed E-state index contributed by atoms with van der Waals surface area (Å²) in [5, 5.41) is 2.93. The third-order valence-corrected chi connectivity index (χ3v) is 8.41. The molecule has 1 amide bonds. The molecular formula is C24H25NO6S. The first-order valence-corrected chi connectivity index (χ1v) is 12.2. The molecule has 8 heteroatoms. The largest absolute Gasteiger partial charge is 0.452 e. The number of ketones is 1. The van der Waals surface area contributed by atoms with Crippen molar-refractivity contribution < 1.29 is 27.5 Å². The van der Waals surface area contributed by atoms with Crippen LogP contribution in [0.3, 0.4) is 0 Å². The van der Waals surface area contributed by atoms with E-state index >= 15 is 0 Å². The van der Waals surface area contributed by atoms with Crippen molar-refractivity contribution in [3.05, 3.63) is 59.2 Å². The standard InChI is InChI=1S/C24H25NO6S/c1-14-6-5-8-19(15(14)2)25-22(26)13-31-24(28)16-10-11-18-21(12-16)32(29,30)20-9-4-3-7-17(20)23(18)27/h3-4,7,9-12,14-15,19H,5-6,8,13H2,1-2H3,(H,25,26)/t14-,15-,19-/m1/s1. The van der Waals surface area contributed by atoms with E-state index < -0.39 is 28.2 Å². The van der Waals surface area contributed by atoms with Gasteiger partial charge in [-0.1, -0.05) is 38.8 Å². The summed E-state index contributed by atoms with van der Waals surface area (Å²) >= 11 is 0. The normalized spacial score (nSPS) is 23.6. The van der Waals surface area contributed by atoms with Gasteiger partial charge in [0.1, 0.15) is 0 Å². The van der Waals surface area contributed by atoms with Crippen molar-refractivity contribution in [2.24, 2.45) is 11.8 Å². The Balaban J connectivity index is 1.47. The molecule has 0 saturated heterocycles. The SMILES string of the molecule is C[C@@H]1[C@H](C)CCC[C@H]1NC(=O)COC(=O)c1ccc2c(c1)S(=O)(=O)c1ccccc1C2=O. The minimum Gasteiger partial charge on any atom is -0.452 e. The topological polar surface area (TPSA) is 107 Å². The molecule has 168 valence electrons. The number of fused-ring (bicyclic) bond motifs is 2. The van der Waals surface area contributed by atoms with E-state index in [1.165, 1.54) is 24.3 Å². The summed E-state index contributed by atoms with van der Waals surface area (Å²) in [6, 6.07) is 9.81. The minimum atomic E-state index is -3.96. The summed E-state index contributed by atoms with van der Waals surface area (Å²) in [4.78, 5) is 37.2. The predicted octanol–water partition coefficient (Wildman–Crippen LogP) is 3.16. The smallest absolute Gasteiger partial charge is 0.338 e. The zero-order valence-electron chi connectivity index (χ0n) is 18.0. The van der Waals surface area contributed by atoms with Gasteiger partial charge in [-0.25, -0.2) is 13.2 Å². The summed E-state index contributed by atoms with van der Waals surface area (Å²) < 4.78 is 31.1. The van der Waals surface area contributed by atoms with Gasteiger partial charge in [-0.2, -0.15) is 0 Å². The van der Waals surface area contributed by atoms with E-state index in [4.69, 9.17) is 4.74 Å². The van der Waals surface area contributed by atoms with Gasteiger partial charge in [0.2, 0.25) is 9.84 Å². The monoisotopic (exact) mass is 455 g/mol. The molecule has 2 aromatic carbocycles. The molecule has 2 aliphatic rings. The number of esters is 1. The van der Waals surface area contributed by atoms with Crippen molar-refractivity contribution in [2.75, 3.05) is 6.61 Å². The Hall–Kier alpha value is -3.00. The maximum Gasteiger partial charge on any atom is 0.338 e. The van der Waals surface area contributed by atoms with Crippen molar-refractivity contribution in [1.29, 1.82) is 0 Å². The highest BCUT2D eigenvalue weighted by molar-refractivity contribution is 7.91. The number of hydrogen-bond acceptors (Lipinski definition) is 6. The second-order valence-electron chi connectivity index (χ2n) is 8.56. The number of carbonyl (C=O) groups is 3. The van der Waals surface area contributed by atoms with Crippen molar-refractivity contribution >= 4 is 27.5 Å². The molecule has 0 radical (unpaired) electrons. The lowest BCUT2D eigenvalue weighted by atomic mass is 9.78. The van der Waals surface area contributed by atoms with Gasteiger partial charge in [0.05, 0.1) is 15.4 Å². The lowest BCUT2D eigenvalue weighted by molar-refractivity contribution is -0.125. The van der Waals surface area contributed by atoms with Crippen LogP contribution in [-0.2, 0) is 19.4 Å². The molecule has 1 heterocycles. The highest BCUT2D eigenvalue weighted by Crippen LogP contribution is 2.35. The number of amides is 1. The van der Waals surface area contributed by atoms with Gasteiger partial charge in [0.15, 0.2) is 12.4 Å². The zero-order valence-corrected chi connectivity index (χ0v) is 18.8. The summed E-state index contributed by atoms with van der Waals surface area (Å²) in [7, 11) is -3.96. The van der Waals surface area contributed by atoms with Crippen LogP contribution >= 0.6 is 0 Å². The summed E-state index contributed by atoms with van der Waals surface area (Å²) in [6.07, 6.45) is 3.07. The Morgan fingerprint density at radius 3 is 2.53 bits per heavy atom. The molecule has 4 rings (SSSR count). The van der Waals surface area contributed by atoms with Gasteiger partial charge in [0, 0.05) is 17.2 Å². The maximum atomic E-state index is 13.0. The number of rotatable bonds is 4. The van der Waals surface area contributed by atoms with Crippen molar-refractivity contribution in [3.63, 3.8) is 0 Å². The Kier molecular flexibility index (Phi) is 5.90. The first-order chi connectivity index (χ1) is 15.2. The second-order valence-corrected chi connectivity index (χ2v) is 10.4. The molecule has 3 atom stereocenters. The molecule has 32 heavy (non-hydrogen) atoms. The maximum absolute atomic E-state index is 13.0. The van der Waals surface area contributed by atoms with Crippen molar-refractivity contribution in [2.45, 2.75) is 48.9 Å². The van der Waals surface area contributed by atoms with Crippen molar-refractivity contribution in [1.82, 2.24) is 5.32 Å². The minimum absolute atomic E-state index is 0.0124.